The summed E-state index contributed by atoms with van der Waals surface area (Å²) < 4.78 is 7.15. The van der Waals surface area contributed by atoms with Crippen LogP contribution in [0.25, 0.3) is 101 Å². The summed E-state index contributed by atoms with van der Waals surface area (Å²) in [5, 5.41) is 4.23. The van der Waals surface area contributed by atoms with Gasteiger partial charge in [0.15, 0.2) is 17.5 Å². The second-order valence-corrected chi connectivity index (χ2v) is 13.0. The highest BCUT2D eigenvalue weighted by Gasteiger charge is 2.26. The first kappa shape index (κ1) is 30.6. The fourth-order valence-electron chi connectivity index (χ4n) is 7.23. The fraction of sp³-hybridized carbons (Fsp3) is 0. The maximum atomic E-state index is 7.15. The largest absolute Gasteiger partial charge is 0.455 e. The maximum absolute atomic E-state index is 7.15. The van der Waals surface area contributed by atoms with Crippen molar-refractivity contribution in [3.63, 3.8) is 0 Å². The van der Waals surface area contributed by atoms with Gasteiger partial charge in [-0.05, 0) is 34.5 Å². The van der Waals surface area contributed by atoms with Crippen LogP contribution in [0.15, 0.2) is 186 Å². The first-order chi connectivity index (χ1) is 26.3. The highest BCUT2D eigenvalue weighted by Crippen LogP contribution is 2.48. The number of furan rings is 1. The highest BCUT2D eigenvalue weighted by atomic mass is 16.3. The van der Waals surface area contributed by atoms with E-state index >= 15 is 0 Å². The Labute approximate surface area is 305 Å². The predicted molar refractivity (Wildman–Crippen MR) is 215 cm³/mol. The van der Waals surface area contributed by atoms with E-state index in [9.17, 15) is 0 Å². The summed E-state index contributed by atoms with van der Waals surface area (Å²) in [7, 11) is 0. The van der Waals surface area contributed by atoms with Crippen LogP contribution in [0.5, 0.6) is 0 Å². The van der Waals surface area contributed by atoms with Gasteiger partial charge in [-0.1, -0.05) is 164 Å². The third-order valence-electron chi connectivity index (χ3n) is 9.71. The quantitative estimate of drug-likeness (QED) is 0.175. The lowest BCUT2D eigenvalue weighted by Crippen LogP contribution is -2.00. The second kappa shape index (κ2) is 12.8. The fourth-order valence-corrected chi connectivity index (χ4v) is 7.23. The Hall–Kier alpha value is -7.24. The van der Waals surface area contributed by atoms with E-state index < -0.39 is 0 Å². The van der Waals surface area contributed by atoms with Gasteiger partial charge in [0.25, 0.3) is 0 Å². The van der Waals surface area contributed by atoms with Crippen LogP contribution in [0.2, 0.25) is 0 Å². The molecule has 0 spiro atoms. The summed E-state index contributed by atoms with van der Waals surface area (Å²) in [5.74, 6) is 2.57. The van der Waals surface area contributed by atoms with Gasteiger partial charge < -0.3 is 4.42 Å². The van der Waals surface area contributed by atoms with Crippen molar-refractivity contribution in [1.29, 1.82) is 0 Å². The Morgan fingerprint density at radius 1 is 0.377 bits per heavy atom. The zero-order chi connectivity index (χ0) is 35.1. The summed E-state index contributed by atoms with van der Waals surface area (Å²) in [5.41, 5.74) is 9.28. The number of para-hydroxylation sites is 1. The van der Waals surface area contributed by atoms with Crippen molar-refractivity contribution in [3.05, 3.63) is 182 Å². The SMILES string of the molecule is c1ccc(-c2nc(-c3ccccc3)nc(-c3cccc(-c4oc5c(c(-c6ccccc6)nc6ccccc65)c4-c4cccc5ccccc45)c3)n2)cc1. The molecule has 5 heteroatoms. The molecule has 0 aliphatic rings. The van der Waals surface area contributed by atoms with E-state index in [2.05, 4.69) is 97.1 Å². The van der Waals surface area contributed by atoms with Gasteiger partial charge in [0.05, 0.1) is 16.6 Å². The lowest BCUT2D eigenvalue weighted by molar-refractivity contribution is 0.636. The Morgan fingerprint density at radius 2 is 0.887 bits per heavy atom. The third-order valence-corrected chi connectivity index (χ3v) is 9.71. The van der Waals surface area contributed by atoms with Crippen LogP contribution in [0, 0.1) is 0 Å². The van der Waals surface area contributed by atoms with Gasteiger partial charge in [-0.25, -0.2) is 19.9 Å². The number of pyridine rings is 1. The van der Waals surface area contributed by atoms with E-state index in [4.69, 9.17) is 24.4 Å². The van der Waals surface area contributed by atoms with E-state index in [1.807, 2.05) is 84.9 Å². The van der Waals surface area contributed by atoms with Gasteiger partial charge in [0.1, 0.15) is 11.3 Å². The van der Waals surface area contributed by atoms with Crippen molar-refractivity contribution in [1.82, 2.24) is 19.9 Å². The minimum Gasteiger partial charge on any atom is -0.455 e. The monoisotopic (exact) mass is 678 g/mol. The van der Waals surface area contributed by atoms with E-state index in [0.717, 1.165) is 83.0 Å². The molecule has 0 saturated carbocycles. The molecule has 0 fully saturated rings. The van der Waals surface area contributed by atoms with Crippen molar-refractivity contribution >= 4 is 32.6 Å². The predicted octanol–water partition coefficient (Wildman–Crippen LogP) is 12.3. The van der Waals surface area contributed by atoms with Crippen LogP contribution in [-0.4, -0.2) is 19.9 Å². The van der Waals surface area contributed by atoms with Crippen LogP contribution < -0.4 is 0 Å². The summed E-state index contributed by atoms with van der Waals surface area (Å²) in [6, 6.07) is 62.0. The zero-order valence-corrected chi connectivity index (χ0v) is 28.5. The maximum Gasteiger partial charge on any atom is 0.164 e. The highest BCUT2D eigenvalue weighted by molar-refractivity contribution is 6.19. The summed E-state index contributed by atoms with van der Waals surface area (Å²) >= 11 is 0. The molecule has 7 aromatic carbocycles. The number of hydrogen-bond donors (Lipinski definition) is 0. The van der Waals surface area contributed by atoms with Crippen LogP contribution in [-0.2, 0) is 0 Å². The molecule has 0 radical (unpaired) electrons. The number of hydrogen-bond acceptors (Lipinski definition) is 5. The van der Waals surface area contributed by atoms with E-state index in [1.54, 1.807) is 0 Å². The molecular weight excluding hydrogens is 649 g/mol. The van der Waals surface area contributed by atoms with Gasteiger partial charge in [0, 0.05) is 38.8 Å². The second-order valence-electron chi connectivity index (χ2n) is 13.0. The number of rotatable bonds is 6. The Balaban J connectivity index is 1.26. The van der Waals surface area contributed by atoms with Crippen LogP contribution in [0.4, 0.5) is 0 Å². The Kier molecular flexibility index (Phi) is 7.40. The van der Waals surface area contributed by atoms with Gasteiger partial charge in [-0.15, -0.1) is 0 Å². The Bertz CT molecular complexity index is 2880. The van der Waals surface area contributed by atoms with Crippen LogP contribution >= 0.6 is 0 Å². The van der Waals surface area contributed by atoms with Gasteiger partial charge in [-0.2, -0.15) is 0 Å². The number of fused-ring (bicyclic) bond motifs is 4. The summed E-state index contributed by atoms with van der Waals surface area (Å²) in [6.07, 6.45) is 0. The minimum atomic E-state index is 0.583. The molecule has 0 atom stereocenters. The molecule has 248 valence electrons. The van der Waals surface area contributed by atoms with Crippen molar-refractivity contribution in [2.45, 2.75) is 0 Å². The summed E-state index contributed by atoms with van der Waals surface area (Å²) in [6.45, 7) is 0. The van der Waals surface area contributed by atoms with Crippen LogP contribution in [0.1, 0.15) is 0 Å². The average molecular weight is 679 g/mol. The molecule has 0 N–H and O–H groups in total. The van der Waals surface area contributed by atoms with Crippen LogP contribution in [0.3, 0.4) is 0 Å². The molecule has 0 unspecified atom stereocenters. The number of aromatic nitrogens is 4. The lowest BCUT2D eigenvalue weighted by Gasteiger charge is -2.12. The molecule has 0 aliphatic carbocycles. The molecule has 53 heavy (non-hydrogen) atoms. The van der Waals surface area contributed by atoms with E-state index in [0.29, 0.717) is 17.5 Å². The lowest BCUT2D eigenvalue weighted by atomic mass is 9.91. The van der Waals surface area contributed by atoms with Crippen molar-refractivity contribution in [2.24, 2.45) is 0 Å². The molecule has 0 saturated heterocycles. The average Bonchev–Trinajstić information content (AvgIpc) is 3.65. The molecule has 0 aliphatic heterocycles. The smallest absolute Gasteiger partial charge is 0.164 e. The molecule has 3 aromatic heterocycles. The first-order valence-corrected chi connectivity index (χ1v) is 17.6. The number of nitrogens with zero attached hydrogens (tertiary/aromatic N) is 4. The van der Waals surface area contributed by atoms with Crippen molar-refractivity contribution in [3.8, 4) is 67.9 Å². The van der Waals surface area contributed by atoms with E-state index in [1.165, 1.54) is 0 Å². The molecule has 5 nitrogen and oxygen atoms in total. The summed E-state index contributed by atoms with van der Waals surface area (Å²) in [4.78, 5) is 20.3. The van der Waals surface area contributed by atoms with Gasteiger partial charge in [-0.3, -0.25) is 0 Å². The third kappa shape index (κ3) is 5.43. The van der Waals surface area contributed by atoms with Gasteiger partial charge >= 0.3 is 0 Å². The topological polar surface area (TPSA) is 64.7 Å². The minimum absolute atomic E-state index is 0.583. The standard InChI is InChI=1S/C48H30N4O/c1-4-17-32(18-5-1)43-42-41(38-28-15-23-31-16-10-11-26-37(31)38)44(53-45(42)39-27-12-13-29-40(39)49-43)35-24-14-25-36(30-35)48-51-46(33-19-6-2-7-20-33)50-47(52-48)34-21-8-3-9-22-34/h1-30H. The first-order valence-electron chi connectivity index (χ1n) is 17.6. The molecule has 3 heterocycles. The normalized spacial score (nSPS) is 11.4. The molecule has 0 bridgehead atoms. The van der Waals surface area contributed by atoms with Crippen molar-refractivity contribution < 1.29 is 4.42 Å². The zero-order valence-electron chi connectivity index (χ0n) is 28.5. The molecule has 10 aromatic rings. The number of benzene rings is 7. The van der Waals surface area contributed by atoms with E-state index in [-0.39, 0.29) is 0 Å². The van der Waals surface area contributed by atoms with Crippen molar-refractivity contribution in [2.75, 3.05) is 0 Å². The molecule has 0 amide bonds. The van der Waals surface area contributed by atoms with Gasteiger partial charge in [0.2, 0.25) is 0 Å². The Morgan fingerprint density at radius 3 is 1.58 bits per heavy atom. The molecular formula is C48H30N4O. The molecule has 10 rings (SSSR count).